The number of nitrogens with zero attached hydrogens (tertiary/aromatic N) is 1. The van der Waals surface area contributed by atoms with Crippen molar-refractivity contribution in [2.24, 2.45) is 0 Å². The molecule has 0 radical (unpaired) electrons. The fourth-order valence-electron chi connectivity index (χ4n) is 1.74. The lowest BCUT2D eigenvalue weighted by atomic mass is 10.2. The van der Waals surface area contributed by atoms with Gasteiger partial charge in [0.25, 0.3) is 0 Å². The summed E-state index contributed by atoms with van der Waals surface area (Å²) >= 11 is 1.61. The van der Waals surface area contributed by atoms with Gasteiger partial charge >= 0.3 is 0 Å². The first-order valence-corrected chi connectivity index (χ1v) is 8.84. The highest BCUT2D eigenvalue weighted by Gasteiger charge is 2.20. The van der Waals surface area contributed by atoms with Crippen LogP contribution in [0.15, 0.2) is 23.1 Å². The number of hydrogen-bond acceptors (Lipinski definition) is 4. The van der Waals surface area contributed by atoms with Crippen molar-refractivity contribution in [3.63, 3.8) is 0 Å². The second-order valence-electron chi connectivity index (χ2n) is 4.27. The Balaban J connectivity index is 3.04. The molecule has 0 aliphatic carbocycles. The minimum atomic E-state index is -3.52. The Morgan fingerprint density at radius 3 is 2.63 bits per heavy atom. The number of aryl methyl sites for hydroxylation is 1. The summed E-state index contributed by atoms with van der Waals surface area (Å²) in [4.78, 5) is 0.242. The number of rotatable bonds is 6. The molecular weight excluding hydrogens is 280 g/mol. The maximum Gasteiger partial charge on any atom is 0.241 e. The van der Waals surface area contributed by atoms with Crippen molar-refractivity contribution in [2.45, 2.75) is 31.2 Å². The topological polar surface area (TPSA) is 70.0 Å². The number of nitriles is 1. The quantitative estimate of drug-likeness (QED) is 0.874. The minimum Gasteiger partial charge on any atom is -0.207 e. The molecule has 0 aliphatic heterocycles. The van der Waals surface area contributed by atoms with E-state index in [2.05, 4.69) is 4.72 Å². The first kappa shape index (κ1) is 16.0. The van der Waals surface area contributed by atoms with Gasteiger partial charge in [-0.25, -0.2) is 13.1 Å². The standard InChI is InChI=1S/C13H18N2O2S2/c1-4-12(9-18-3)15-19(16,17)13-6-5-11(8-14)7-10(13)2/h5-7,12,15H,4,9H2,1-3H3. The first-order valence-electron chi connectivity index (χ1n) is 5.96. The maximum atomic E-state index is 12.3. The molecule has 1 aromatic carbocycles. The highest BCUT2D eigenvalue weighted by atomic mass is 32.2. The van der Waals surface area contributed by atoms with Crippen LogP contribution in [-0.2, 0) is 10.0 Å². The van der Waals surface area contributed by atoms with E-state index in [4.69, 9.17) is 5.26 Å². The van der Waals surface area contributed by atoms with Crippen LogP contribution >= 0.6 is 11.8 Å². The molecule has 1 atom stereocenters. The Morgan fingerprint density at radius 1 is 1.47 bits per heavy atom. The van der Waals surface area contributed by atoms with Crippen molar-refractivity contribution in [3.8, 4) is 6.07 Å². The molecule has 104 valence electrons. The van der Waals surface area contributed by atoms with E-state index in [1.165, 1.54) is 12.1 Å². The summed E-state index contributed by atoms with van der Waals surface area (Å²) in [5.41, 5.74) is 1.05. The zero-order valence-electron chi connectivity index (χ0n) is 11.3. The predicted molar refractivity (Wildman–Crippen MR) is 78.7 cm³/mol. The number of nitrogens with one attached hydrogen (secondary N) is 1. The Morgan fingerprint density at radius 2 is 2.16 bits per heavy atom. The third kappa shape index (κ3) is 4.23. The second-order valence-corrected chi connectivity index (χ2v) is 6.87. The van der Waals surface area contributed by atoms with Crippen LogP contribution in [0.1, 0.15) is 24.5 Å². The largest absolute Gasteiger partial charge is 0.241 e. The van der Waals surface area contributed by atoms with E-state index in [0.717, 1.165) is 12.2 Å². The molecule has 0 amide bonds. The first-order chi connectivity index (χ1) is 8.94. The minimum absolute atomic E-state index is 0.0740. The molecule has 1 N–H and O–H groups in total. The van der Waals surface area contributed by atoms with Gasteiger partial charge in [0, 0.05) is 11.8 Å². The zero-order valence-corrected chi connectivity index (χ0v) is 12.9. The molecular formula is C13H18N2O2S2. The van der Waals surface area contributed by atoms with Crippen LogP contribution in [0.3, 0.4) is 0 Å². The third-order valence-corrected chi connectivity index (χ3v) is 5.19. The Hall–Kier alpha value is -1.03. The van der Waals surface area contributed by atoms with Crippen molar-refractivity contribution in [1.82, 2.24) is 4.72 Å². The smallest absolute Gasteiger partial charge is 0.207 e. The average molecular weight is 298 g/mol. The molecule has 0 aromatic heterocycles. The van der Waals surface area contributed by atoms with Crippen molar-refractivity contribution in [3.05, 3.63) is 29.3 Å². The Labute approximate surface area is 119 Å². The Bertz CT molecular complexity index is 577. The van der Waals surface area contributed by atoms with Crippen LogP contribution in [0.5, 0.6) is 0 Å². The SMILES string of the molecule is CCC(CSC)NS(=O)(=O)c1ccc(C#N)cc1C. The van der Waals surface area contributed by atoms with Gasteiger partial charge in [0.15, 0.2) is 0 Å². The lowest BCUT2D eigenvalue weighted by molar-refractivity contribution is 0.557. The molecule has 1 aromatic rings. The van der Waals surface area contributed by atoms with Crippen LogP contribution in [0.2, 0.25) is 0 Å². The summed E-state index contributed by atoms with van der Waals surface area (Å²) in [6.07, 6.45) is 2.69. The summed E-state index contributed by atoms with van der Waals surface area (Å²) in [5.74, 6) is 0.741. The number of benzene rings is 1. The van der Waals surface area contributed by atoms with Gasteiger partial charge in [-0.1, -0.05) is 6.92 Å². The van der Waals surface area contributed by atoms with Gasteiger partial charge in [-0.15, -0.1) is 0 Å². The van der Waals surface area contributed by atoms with Gasteiger partial charge in [0.1, 0.15) is 0 Å². The number of sulfonamides is 1. The van der Waals surface area contributed by atoms with Gasteiger partial charge in [0.2, 0.25) is 10.0 Å². The Kier molecular flexibility index (Phi) is 5.85. The van der Waals surface area contributed by atoms with Crippen molar-refractivity contribution < 1.29 is 8.42 Å². The molecule has 0 heterocycles. The predicted octanol–water partition coefficient (Wildman–Crippen LogP) is 2.29. The summed E-state index contributed by atoms with van der Waals surface area (Å²) in [7, 11) is -3.52. The van der Waals surface area contributed by atoms with Crippen LogP contribution in [0, 0.1) is 18.3 Å². The number of thioether (sulfide) groups is 1. The molecule has 19 heavy (non-hydrogen) atoms. The lowest BCUT2D eigenvalue weighted by Crippen LogP contribution is -2.36. The molecule has 1 unspecified atom stereocenters. The summed E-state index contributed by atoms with van der Waals surface area (Å²) < 4.78 is 27.3. The van der Waals surface area contributed by atoms with Gasteiger partial charge < -0.3 is 0 Å². The summed E-state index contributed by atoms with van der Waals surface area (Å²) in [5, 5.41) is 8.79. The molecule has 6 heteroatoms. The van der Waals surface area contributed by atoms with Crippen LogP contribution in [-0.4, -0.2) is 26.5 Å². The van der Waals surface area contributed by atoms with Crippen LogP contribution < -0.4 is 4.72 Å². The molecule has 0 spiro atoms. The van der Waals surface area contributed by atoms with Gasteiger partial charge in [0.05, 0.1) is 16.5 Å². The number of hydrogen-bond donors (Lipinski definition) is 1. The van der Waals surface area contributed by atoms with Gasteiger partial charge in [-0.2, -0.15) is 17.0 Å². The molecule has 0 fully saturated rings. The summed E-state index contributed by atoms with van der Waals surface area (Å²) in [6, 6.07) is 6.53. The van der Waals surface area contributed by atoms with E-state index in [-0.39, 0.29) is 10.9 Å². The van der Waals surface area contributed by atoms with E-state index in [0.29, 0.717) is 11.1 Å². The maximum absolute atomic E-state index is 12.3. The molecule has 0 bridgehead atoms. The molecule has 4 nitrogen and oxygen atoms in total. The van der Waals surface area contributed by atoms with Gasteiger partial charge in [-0.05, 0) is 43.4 Å². The fourth-order valence-corrected chi connectivity index (χ4v) is 4.11. The van der Waals surface area contributed by atoms with E-state index >= 15 is 0 Å². The van der Waals surface area contributed by atoms with Crippen LogP contribution in [0.4, 0.5) is 0 Å². The fraction of sp³-hybridized carbons (Fsp3) is 0.462. The third-order valence-electron chi connectivity index (χ3n) is 2.78. The molecule has 0 saturated heterocycles. The molecule has 1 rings (SSSR count). The van der Waals surface area contributed by atoms with Crippen molar-refractivity contribution >= 4 is 21.8 Å². The molecule has 0 saturated carbocycles. The van der Waals surface area contributed by atoms with E-state index in [9.17, 15) is 8.42 Å². The normalized spacial score (nSPS) is 12.9. The highest BCUT2D eigenvalue weighted by molar-refractivity contribution is 7.98. The molecule has 0 aliphatic rings. The van der Waals surface area contributed by atoms with E-state index in [1.807, 2.05) is 19.2 Å². The zero-order chi connectivity index (χ0) is 14.5. The van der Waals surface area contributed by atoms with Gasteiger partial charge in [-0.3, -0.25) is 0 Å². The monoisotopic (exact) mass is 298 g/mol. The lowest BCUT2D eigenvalue weighted by Gasteiger charge is -2.17. The second kappa shape index (κ2) is 6.94. The summed E-state index contributed by atoms with van der Waals surface area (Å²) in [6.45, 7) is 3.65. The average Bonchev–Trinajstić information content (AvgIpc) is 2.37. The van der Waals surface area contributed by atoms with Crippen molar-refractivity contribution in [1.29, 1.82) is 5.26 Å². The van der Waals surface area contributed by atoms with E-state index in [1.54, 1.807) is 24.8 Å². The van der Waals surface area contributed by atoms with Crippen LogP contribution in [0.25, 0.3) is 0 Å². The van der Waals surface area contributed by atoms with E-state index < -0.39 is 10.0 Å². The highest BCUT2D eigenvalue weighted by Crippen LogP contribution is 2.17. The van der Waals surface area contributed by atoms with Crippen molar-refractivity contribution in [2.75, 3.05) is 12.0 Å².